The fraction of sp³-hybridized carbons (Fsp3) is 0.333. The van der Waals surface area contributed by atoms with Crippen LogP contribution in [0.3, 0.4) is 0 Å². The SMILES string of the molecule is C[C@@H](NC(=O)CSCC(N)=O)c1ccc(F)cc1F. The lowest BCUT2D eigenvalue weighted by Crippen LogP contribution is -2.29. The number of halogens is 2. The second-order valence-electron chi connectivity index (χ2n) is 3.91. The lowest BCUT2D eigenvalue weighted by atomic mass is 10.1. The largest absolute Gasteiger partial charge is 0.369 e. The van der Waals surface area contributed by atoms with Gasteiger partial charge in [-0.05, 0) is 13.0 Å². The second-order valence-corrected chi connectivity index (χ2v) is 4.90. The number of nitrogens with two attached hydrogens (primary N) is 1. The van der Waals surface area contributed by atoms with Crippen molar-refractivity contribution in [2.75, 3.05) is 11.5 Å². The van der Waals surface area contributed by atoms with Gasteiger partial charge in [-0.3, -0.25) is 9.59 Å². The van der Waals surface area contributed by atoms with E-state index in [1.807, 2.05) is 0 Å². The van der Waals surface area contributed by atoms with Crippen LogP contribution in [-0.4, -0.2) is 23.3 Å². The van der Waals surface area contributed by atoms with E-state index in [1.165, 1.54) is 6.07 Å². The Kier molecular flexibility index (Phi) is 5.75. The van der Waals surface area contributed by atoms with Crippen LogP contribution in [0.1, 0.15) is 18.5 Å². The summed E-state index contributed by atoms with van der Waals surface area (Å²) in [5.74, 6) is -2.13. The smallest absolute Gasteiger partial charge is 0.230 e. The molecule has 0 saturated carbocycles. The second kappa shape index (κ2) is 7.08. The lowest BCUT2D eigenvalue weighted by Gasteiger charge is -2.14. The molecular weight excluding hydrogens is 274 g/mol. The van der Waals surface area contributed by atoms with Crippen LogP contribution in [0.4, 0.5) is 8.78 Å². The number of rotatable bonds is 6. The summed E-state index contributed by atoms with van der Waals surface area (Å²) in [6.45, 7) is 1.59. The number of thioether (sulfide) groups is 1. The third-order valence-corrected chi connectivity index (χ3v) is 3.24. The number of benzene rings is 1. The van der Waals surface area contributed by atoms with Gasteiger partial charge in [0.25, 0.3) is 0 Å². The van der Waals surface area contributed by atoms with Gasteiger partial charge in [0.05, 0.1) is 17.5 Å². The van der Waals surface area contributed by atoms with Crippen LogP contribution in [0, 0.1) is 11.6 Å². The predicted molar refractivity (Wildman–Crippen MR) is 69.4 cm³/mol. The third-order valence-electron chi connectivity index (χ3n) is 2.28. The normalized spacial score (nSPS) is 11.9. The number of amides is 2. The molecule has 0 aromatic heterocycles. The summed E-state index contributed by atoms with van der Waals surface area (Å²) >= 11 is 1.07. The summed E-state index contributed by atoms with van der Waals surface area (Å²) in [6, 6.07) is 2.59. The van der Waals surface area contributed by atoms with Crippen LogP contribution in [-0.2, 0) is 9.59 Å². The first kappa shape index (κ1) is 15.4. The Bertz CT molecular complexity index is 483. The highest BCUT2D eigenvalue weighted by atomic mass is 32.2. The molecule has 0 aliphatic heterocycles. The van der Waals surface area contributed by atoms with E-state index >= 15 is 0 Å². The molecule has 1 atom stereocenters. The first-order chi connectivity index (χ1) is 8.90. The Morgan fingerprint density at radius 2 is 2.05 bits per heavy atom. The fourth-order valence-corrected chi connectivity index (χ4v) is 2.03. The van der Waals surface area contributed by atoms with Crippen molar-refractivity contribution in [2.45, 2.75) is 13.0 Å². The molecule has 0 fully saturated rings. The molecule has 0 spiro atoms. The third kappa shape index (κ3) is 5.25. The van der Waals surface area contributed by atoms with Crippen LogP contribution in [0.2, 0.25) is 0 Å². The minimum Gasteiger partial charge on any atom is -0.369 e. The van der Waals surface area contributed by atoms with Crippen LogP contribution in [0.15, 0.2) is 18.2 Å². The molecule has 0 aliphatic rings. The first-order valence-corrected chi connectivity index (χ1v) is 6.66. The quantitative estimate of drug-likeness (QED) is 0.830. The molecule has 104 valence electrons. The molecule has 2 amide bonds. The first-order valence-electron chi connectivity index (χ1n) is 5.50. The van der Waals surface area contributed by atoms with Crippen molar-refractivity contribution in [1.82, 2.24) is 5.32 Å². The van der Waals surface area contributed by atoms with E-state index in [2.05, 4.69) is 5.32 Å². The van der Waals surface area contributed by atoms with Gasteiger partial charge in [-0.15, -0.1) is 11.8 Å². The van der Waals surface area contributed by atoms with Crippen LogP contribution in [0.5, 0.6) is 0 Å². The summed E-state index contributed by atoms with van der Waals surface area (Å²) in [4.78, 5) is 22.0. The van der Waals surface area contributed by atoms with Gasteiger partial charge in [-0.25, -0.2) is 8.78 Å². The zero-order valence-electron chi connectivity index (χ0n) is 10.3. The molecule has 1 aromatic rings. The van der Waals surface area contributed by atoms with E-state index in [9.17, 15) is 18.4 Å². The van der Waals surface area contributed by atoms with Crippen molar-refractivity contribution in [1.29, 1.82) is 0 Å². The van der Waals surface area contributed by atoms with Gasteiger partial charge >= 0.3 is 0 Å². The molecule has 0 bridgehead atoms. The van der Waals surface area contributed by atoms with E-state index < -0.39 is 23.6 Å². The van der Waals surface area contributed by atoms with Crippen LogP contribution in [0.25, 0.3) is 0 Å². The molecule has 0 aliphatic carbocycles. The molecule has 1 rings (SSSR count). The van der Waals surface area contributed by atoms with Gasteiger partial charge in [0.1, 0.15) is 11.6 Å². The molecule has 1 aromatic carbocycles. The number of primary amides is 1. The Labute approximate surface area is 113 Å². The van der Waals surface area contributed by atoms with Gasteiger partial charge in [0.15, 0.2) is 0 Å². The molecular formula is C12H14F2N2O2S. The Morgan fingerprint density at radius 3 is 2.63 bits per heavy atom. The number of hydrogen-bond acceptors (Lipinski definition) is 3. The highest BCUT2D eigenvalue weighted by Crippen LogP contribution is 2.17. The highest BCUT2D eigenvalue weighted by Gasteiger charge is 2.14. The van der Waals surface area contributed by atoms with E-state index in [4.69, 9.17) is 5.73 Å². The lowest BCUT2D eigenvalue weighted by molar-refractivity contribution is -0.119. The zero-order chi connectivity index (χ0) is 14.4. The Morgan fingerprint density at radius 1 is 1.37 bits per heavy atom. The summed E-state index contributed by atoms with van der Waals surface area (Å²) in [7, 11) is 0. The van der Waals surface area contributed by atoms with Gasteiger partial charge in [0.2, 0.25) is 11.8 Å². The predicted octanol–water partition coefficient (Wildman–Crippen LogP) is 1.36. The van der Waals surface area contributed by atoms with E-state index in [0.717, 1.165) is 23.9 Å². The van der Waals surface area contributed by atoms with Crippen molar-refractivity contribution in [3.05, 3.63) is 35.4 Å². The van der Waals surface area contributed by atoms with Gasteiger partial charge < -0.3 is 11.1 Å². The maximum Gasteiger partial charge on any atom is 0.230 e. The maximum absolute atomic E-state index is 13.5. The average Bonchev–Trinajstić information content (AvgIpc) is 2.27. The standard InChI is InChI=1S/C12H14F2N2O2S/c1-7(9-3-2-8(13)4-10(9)14)16-12(18)6-19-5-11(15)17/h2-4,7H,5-6H2,1H3,(H2,15,17)(H,16,18)/t7-/m1/s1. The summed E-state index contributed by atoms with van der Waals surface area (Å²) in [5, 5.41) is 2.56. The minimum atomic E-state index is -0.711. The molecule has 7 heteroatoms. The van der Waals surface area contributed by atoms with Crippen molar-refractivity contribution >= 4 is 23.6 Å². The van der Waals surface area contributed by atoms with Crippen molar-refractivity contribution in [3.8, 4) is 0 Å². The van der Waals surface area contributed by atoms with Crippen molar-refractivity contribution < 1.29 is 18.4 Å². The molecule has 0 unspecified atom stereocenters. The van der Waals surface area contributed by atoms with Gasteiger partial charge in [0, 0.05) is 11.6 Å². The van der Waals surface area contributed by atoms with Gasteiger partial charge in [-0.2, -0.15) is 0 Å². The van der Waals surface area contributed by atoms with Crippen LogP contribution >= 0.6 is 11.8 Å². The van der Waals surface area contributed by atoms with Crippen molar-refractivity contribution in [2.24, 2.45) is 5.73 Å². The minimum absolute atomic E-state index is 0.0483. The topological polar surface area (TPSA) is 72.2 Å². The summed E-state index contributed by atoms with van der Waals surface area (Å²) in [6.07, 6.45) is 0. The monoisotopic (exact) mass is 288 g/mol. The summed E-state index contributed by atoms with van der Waals surface area (Å²) < 4.78 is 26.2. The number of carbonyl (C=O) groups is 2. The fourth-order valence-electron chi connectivity index (χ4n) is 1.46. The number of hydrogen-bond donors (Lipinski definition) is 2. The molecule has 19 heavy (non-hydrogen) atoms. The van der Waals surface area contributed by atoms with Gasteiger partial charge in [-0.1, -0.05) is 6.07 Å². The van der Waals surface area contributed by atoms with Crippen LogP contribution < -0.4 is 11.1 Å². The average molecular weight is 288 g/mol. The Hall–Kier alpha value is -1.63. The molecule has 4 nitrogen and oxygen atoms in total. The molecule has 0 heterocycles. The molecule has 0 radical (unpaired) electrons. The zero-order valence-corrected chi connectivity index (χ0v) is 11.1. The number of nitrogens with one attached hydrogen (secondary N) is 1. The summed E-state index contributed by atoms with van der Waals surface area (Å²) in [5.41, 5.74) is 5.13. The molecule has 0 saturated heterocycles. The van der Waals surface area contributed by atoms with E-state index in [0.29, 0.717) is 0 Å². The van der Waals surface area contributed by atoms with E-state index in [1.54, 1.807) is 6.92 Å². The van der Waals surface area contributed by atoms with Crippen molar-refractivity contribution in [3.63, 3.8) is 0 Å². The highest BCUT2D eigenvalue weighted by molar-refractivity contribution is 8.00. The number of carbonyl (C=O) groups excluding carboxylic acids is 2. The maximum atomic E-state index is 13.5. The van der Waals surface area contributed by atoms with E-state index in [-0.39, 0.29) is 23.0 Å². The Balaban J connectivity index is 2.52. The molecule has 3 N–H and O–H groups in total.